The molecule has 0 amide bonds. The third-order valence-corrected chi connectivity index (χ3v) is 4.03. The van der Waals surface area contributed by atoms with E-state index in [1.54, 1.807) is 0 Å². The van der Waals surface area contributed by atoms with Gasteiger partial charge >= 0.3 is 0 Å². The zero-order valence-electron chi connectivity index (χ0n) is 12.2. The molecule has 1 N–H and O–H groups in total. The number of anilines is 1. The van der Waals surface area contributed by atoms with Crippen LogP contribution in [-0.2, 0) is 7.05 Å². The Morgan fingerprint density at radius 1 is 1.44 bits per heavy atom. The molecule has 0 aromatic carbocycles. The normalized spacial score (nSPS) is 24.5. The summed E-state index contributed by atoms with van der Waals surface area (Å²) in [6, 6.07) is 0. The van der Waals surface area contributed by atoms with Gasteiger partial charge in [0, 0.05) is 19.8 Å². The summed E-state index contributed by atoms with van der Waals surface area (Å²) in [5.41, 5.74) is 2.42. The van der Waals surface area contributed by atoms with Crippen LogP contribution in [0.2, 0.25) is 0 Å². The topological polar surface area (TPSA) is 29.9 Å². The van der Waals surface area contributed by atoms with Crippen molar-refractivity contribution in [3.05, 3.63) is 11.9 Å². The van der Waals surface area contributed by atoms with Gasteiger partial charge in [-0.15, -0.1) is 0 Å². The maximum Gasteiger partial charge on any atom is 0.0881 e. The number of nitrogens with zero attached hydrogens (tertiary/aromatic N) is 2. The van der Waals surface area contributed by atoms with E-state index in [0.717, 1.165) is 18.4 Å². The van der Waals surface area contributed by atoms with E-state index >= 15 is 0 Å². The first-order chi connectivity index (χ1) is 8.56. The van der Waals surface area contributed by atoms with Gasteiger partial charge < -0.3 is 5.32 Å². The second kappa shape index (κ2) is 5.77. The van der Waals surface area contributed by atoms with Crippen molar-refractivity contribution in [3.63, 3.8) is 0 Å². The van der Waals surface area contributed by atoms with Gasteiger partial charge in [-0.2, -0.15) is 5.10 Å². The van der Waals surface area contributed by atoms with Gasteiger partial charge in [0.05, 0.1) is 11.4 Å². The zero-order chi connectivity index (χ0) is 13.1. The molecule has 0 bridgehead atoms. The van der Waals surface area contributed by atoms with Gasteiger partial charge in [-0.05, 0) is 30.6 Å². The smallest absolute Gasteiger partial charge is 0.0881 e. The Balaban J connectivity index is 1.93. The molecule has 1 aromatic heterocycles. The molecule has 0 spiro atoms. The third-order valence-electron chi connectivity index (χ3n) is 4.03. The molecule has 3 nitrogen and oxygen atoms in total. The summed E-state index contributed by atoms with van der Waals surface area (Å²) in [6.07, 6.45) is 7.69. The molecule has 2 rings (SSSR count). The van der Waals surface area contributed by atoms with Gasteiger partial charge in [0.2, 0.25) is 0 Å². The predicted molar refractivity (Wildman–Crippen MR) is 76.9 cm³/mol. The Hall–Kier alpha value is -0.990. The second-order valence-electron chi connectivity index (χ2n) is 6.28. The summed E-state index contributed by atoms with van der Waals surface area (Å²) >= 11 is 0. The lowest BCUT2D eigenvalue weighted by Gasteiger charge is -2.27. The lowest BCUT2D eigenvalue weighted by atomic mass is 9.82. The van der Waals surface area contributed by atoms with Crippen LogP contribution in [0.5, 0.6) is 0 Å². The second-order valence-corrected chi connectivity index (χ2v) is 6.28. The average Bonchev–Trinajstić information content (AvgIpc) is 2.68. The molecular weight excluding hydrogens is 222 g/mol. The fourth-order valence-electron chi connectivity index (χ4n) is 3.07. The summed E-state index contributed by atoms with van der Waals surface area (Å²) in [6.45, 7) is 7.90. The molecule has 1 aliphatic rings. The van der Waals surface area contributed by atoms with Gasteiger partial charge in [0.1, 0.15) is 0 Å². The molecule has 1 fully saturated rings. The predicted octanol–water partition coefficient (Wildman–Crippen LogP) is 3.78. The highest BCUT2D eigenvalue weighted by molar-refractivity contribution is 5.47. The standard InChI is InChI=1S/C15H27N3/c1-11(2)15-14(10-18(4)17-15)16-9-13-7-5-6-12(3)8-13/h10-13,16H,5-9H2,1-4H3. The lowest BCUT2D eigenvalue weighted by molar-refractivity contribution is 0.293. The van der Waals surface area contributed by atoms with Crippen molar-refractivity contribution in [2.24, 2.45) is 18.9 Å². The molecule has 3 heteroatoms. The molecule has 1 aromatic rings. The number of hydrogen-bond acceptors (Lipinski definition) is 2. The Morgan fingerprint density at radius 2 is 2.22 bits per heavy atom. The van der Waals surface area contributed by atoms with Crippen LogP contribution < -0.4 is 5.32 Å². The number of rotatable bonds is 4. The molecule has 102 valence electrons. The molecule has 1 heterocycles. The minimum atomic E-state index is 0.485. The van der Waals surface area contributed by atoms with E-state index in [2.05, 4.69) is 37.4 Å². The van der Waals surface area contributed by atoms with Crippen molar-refractivity contribution < 1.29 is 0 Å². The Morgan fingerprint density at radius 3 is 2.89 bits per heavy atom. The molecular formula is C15H27N3. The van der Waals surface area contributed by atoms with Crippen LogP contribution in [-0.4, -0.2) is 16.3 Å². The van der Waals surface area contributed by atoms with Crippen LogP contribution in [0.1, 0.15) is 58.1 Å². The van der Waals surface area contributed by atoms with E-state index < -0.39 is 0 Å². The maximum atomic E-state index is 4.54. The van der Waals surface area contributed by atoms with Crippen LogP contribution in [0.4, 0.5) is 5.69 Å². The van der Waals surface area contributed by atoms with Crippen molar-refractivity contribution in [1.29, 1.82) is 0 Å². The van der Waals surface area contributed by atoms with Crippen molar-refractivity contribution in [2.45, 2.75) is 52.4 Å². The Bertz CT molecular complexity index is 381. The summed E-state index contributed by atoms with van der Waals surface area (Å²) in [4.78, 5) is 0. The van der Waals surface area contributed by atoms with Crippen molar-refractivity contribution >= 4 is 5.69 Å². The number of nitrogens with one attached hydrogen (secondary N) is 1. The Kier molecular flexibility index (Phi) is 4.31. The minimum Gasteiger partial charge on any atom is -0.382 e. The highest BCUT2D eigenvalue weighted by Crippen LogP contribution is 2.29. The summed E-state index contributed by atoms with van der Waals surface area (Å²) in [7, 11) is 2.00. The van der Waals surface area contributed by atoms with Crippen molar-refractivity contribution in [2.75, 3.05) is 11.9 Å². The first-order valence-electron chi connectivity index (χ1n) is 7.33. The molecule has 1 saturated carbocycles. The summed E-state index contributed by atoms with van der Waals surface area (Å²) in [5.74, 6) is 2.23. The van der Waals surface area contributed by atoms with Crippen molar-refractivity contribution in [3.8, 4) is 0 Å². The van der Waals surface area contributed by atoms with E-state index in [0.29, 0.717) is 5.92 Å². The van der Waals surface area contributed by atoms with E-state index in [4.69, 9.17) is 0 Å². The van der Waals surface area contributed by atoms with E-state index in [1.165, 1.54) is 37.1 Å². The molecule has 1 aliphatic carbocycles. The van der Waals surface area contributed by atoms with Gasteiger partial charge in [-0.1, -0.05) is 33.6 Å². The van der Waals surface area contributed by atoms with E-state index in [-0.39, 0.29) is 0 Å². The zero-order valence-corrected chi connectivity index (χ0v) is 12.2. The van der Waals surface area contributed by atoms with Crippen LogP contribution in [0.25, 0.3) is 0 Å². The molecule has 0 aliphatic heterocycles. The maximum absolute atomic E-state index is 4.54. The SMILES string of the molecule is CC1CCCC(CNc2cn(C)nc2C(C)C)C1. The molecule has 0 radical (unpaired) electrons. The minimum absolute atomic E-state index is 0.485. The summed E-state index contributed by atoms with van der Waals surface area (Å²) in [5, 5.41) is 8.17. The van der Waals surface area contributed by atoms with Crippen LogP contribution in [0.15, 0.2) is 6.20 Å². The first kappa shape index (κ1) is 13.4. The quantitative estimate of drug-likeness (QED) is 0.880. The molecule has 2 atom stereocenters. The summed E-state index contributed by atoms with van der Waals surface area (Å²) < 4.78 is 1.92. The molecule has 18 heavy (non-hydrogen) atoms. The van der Waals surface area contributed by atoms with Gasteiger partial charge in [-0.3, -0.25) is 4.68 Å². The molecule has 0 saturated heterocycles. The Labute approximate surface area is 111 Å². The lowest BCUT2D eigenvalue weighted by Crippen LogP contribution is -2.21. The van der Waals surface area contributed by atoms with Gasteiger partial charge in [-0.25, -0.2) is 0 Å². The number of aromatic nitrogens is 2. The largest absolute Gasteiger partial charge is 0.382 e. The fraction of sp³-hybridized carbons (Fsp3) is 0.800. The highest BCUT2D eigenvalue weighted by atomic mass is 15.3. The van der Waals surface area contributed by atoms with Gasteiger partial charge in [0.15, 0.2) is 0 Å². The van der Waals surface area contributed by atoms with Crippen LogP contribution in [0.3, 0.4) is 0 Å². The number of aryl methyl sites for hydroxylation is 1. The number of hydrogen-bond donors (Lipinski definition) is 1. The molecule has 2 unspecified atom stereocenters. The van der Waals surface area contributed by atoms with Crippen LogP contribution in [0, 0.1) is 11.8 Å². The van der Waals surface area contributed by atoms with E-state index in [1.807, 2.05) is 11.7 Å². The highest BCUT2D eigenvalue weighted by Gasteiger charge is 2.19. The van der Waals surface area contributed by atoms with E-state index in [9.17, 15) is 0 Å². The van der Waals surface area contributed by atoms with Crippen molar-refractivity contribution in [1.82, 2.24) is 9.78 Å². The van der Waals surface area contributed by atoms with Gasteiger partial charge in [0.25, 0.3) is 0 Å². The average molecular weight is 249 g/mol. The third kappa shape index (κ3) is 3.27. The van der Waals surface area contributed by atoms with Crippen LogP contribution >= 0.6 is 0 Å². The first-order valence-corrected chi connectivity index (χ1v) is 7.33. The fourth-order valence-corrected chi connectivity index (χ4v) is 3.07. The monoisotopic (exact) mass is 249 g/mol.